The summed E-state index contributed by atoms with van der Waals surface area (Å²) in [5.41, 5.74) is 5.36. The first-order chi connectivity index (χ1) is 5.18. The van der Waals surface area contributed by atoms with E-state index in [0.29, 0.717) is 5.92 Å². The van der Waals surface area contributed by atoms with Crippen molar-refractivity contribution in [2.75, 3.05) is 6.54 Å². The molecule has 0 heterocycles. The van der Waals surface area contributed by atoms with Crippen LogP contribution in [0.25, 0.3) is 0 Å². The molecular weight excluding hydrogens is 138 g/mol. The molecule has 0 aliphatic heterocycles. The van der Waals surface area contributed by atoms with Gasteiger partial charge in [-0.2, -0.15) is 0 Å². The van der Waals surface area contributed by atoms with Gasteiger partial charge in [-0.05, 0) is 32.2 Å². The van der Waals surface area contributed by atoms with E-state index in [2.05, 4.69) is 6.92 Å². The molecule has 0 aliphatic carbocycles. The molecule has 0 amide bonds. The predicted octanol–water partition coefficient (Wildman–Crippen LogP) is 1.52. The highest BCUT2D eigenvalue weighted by Gasteiger charge is 2.06. The van der Waals surface area contributed by atoms with E-state index >= 15 is 0 Å². The smallest absolute Gasteiger partial charge is 0.0537 e. The fourth-order valence-corrected chi connectivity index (χ4v) is 1.03. The van der Waals surface area contributed by atoms with Crippen molar-refractivity contribution in [2.45, 2.75) is 45.6 Å². The van der Waals surface area contributed by atoms with Gasteiger partial charge in [-0.1, -0.05) is 19.8 Å². The summed E-state index contributed by atoms with van der Waals surface area (Å²) in [5.74, 6) is 0.438. The van der Waals surface area contributed by atoms with Gasteiger partial charge < -0.3 is 10.8 Å². The van der Waals surface area contributed by atoms with Crippen LogP contribution in [0.15, 0.2) is 0 Å². The lowest BCUT2D eigenvalue weighted by molar-refractivity contribution is 0.128. The zero-order chi connectivity index (χ0) is 8.69. The van der Waals surface area contributed by atoms with Crippen molar-refractivity contribution >= 4 is 0 Å². The van der Waals surface area contributed by atoms with E-state index in [1.54, 1.807) is 0 Å². The van der Waals surface area contributed by atoms with Crippen LogP contribution in [0.5, 0.6) is 0 Å². The van der Waals surface area contributed by atoms with E-state index in [0.717, 1.165) is 19.4 Å². The highest BCUT2D eigenvalue weighted by Crippen LogP contribution is 2.12. The molecule has 2 unspecified atom stereocenters. The summed E-state index contributed by atoms with van der Waals surface area (Å²) in [6, 6.07) is 0. The maximum absolute atomic E-state index is 9.15. The van der Waals surface area contributed by atoms with Crippen LogP contribution < -0.4 is 5.73 Å². The van der Waals surface area contributed by atoms with Gasteiger partial charge in [0.1, 0.15) is 0 Å². The molecule has 11 heavy (non-hydrogen) atoms. The van der Waals surface area contributed by atoms with Gasteiger partial charge >= 0.3 is 0 Å². The summed E-state index contributed by atoms with van der Waals surface area (Å²) in [4.78, 5) is 0. The van der Waals surface area contributed by atoms with Crippen LogP contribution in [-0.2, 0) is 0 Å². The summed E-state index contributed by atoms with van der Waals surface area (Å²) >= 11 is 0. The molecular formula is C9H21NO. The van der Waals surface area contributed by atoms with Crippen molar-refractivity contribution in [3.8, 4) is 0 Å². The second-order valence-corrected chi connectivity index (χ2v) is 3.36. The van der Waals surface area contributed by atoms with Crippen LogP contribution >= 0.6 is 0 Å². The van der Waals surface area contributed by atoms with Crippen molar-refractivity contribution in [2.24, 2.45) is 11.7 Å². The summed E-state index contributed by atoms with van der Waals surface area (Å²) in [7, 11) is 0. The van der Waals surface area contributed by atoms with E-state index in [1.807, 2.05) is 6.92 Å². The maximum atomic E-state index is 9.15. The van der Waals surface area contributed by atoms with E-state index in [1.165, 1.54) is 12.8 Å². The fraction of sp³-hybridized carbons (Fsp3) is 1.00. The van der Waals surface area contributed by atoms with Crippen molar-refractivity contribution in [1.82, 2.24) is 0 Å². The number of rotatable bonds is 6. The van der Waals surface area contributed by atoms with E-state index in [-0.39, 0.29) is 6.10 Å². The van der Waals surface area contributed by atoms with Crippen LogP contribution in [0.3, 0.4) is 0 Å². The Kier molecular flexibility index (Phi) is 6.57. The Morgan fingerprint density at radius 3 is 2.27 bits per heavy atom. The molecule has 0 aromatic heterocycles. The second-order valence-electron chi connectivity index (χ2n) is 3.36. The van der Waals surface area contributed by atoms with Gasteiger partial charge in [-0.15, -0.1) is 0 Å². The van der Waals surface area contributed by atoms with Gasteiger partial charge in [-0.3, -0.25) is 0 Å². The van der Waals surface area contributed by atoms with E-state index in [4.69, 9.17) is 10.8 Å². The summed E-state index contributed by atoms with van der Waals surface area (Å²) in [5, 5.41) is 9.15. The van der Waals surface area contributed by atoms with Gasteiger partial charge in [0.2, 0.25) is 0 Å². The molecule has 68 valence electrons. The lowest BCUT2D eigenvalue weighted by Gasteiger charge is -2.13. The predicted molar refractivity (Wildman–Crippen MR) is 48.4 cm³/mol. The summed E-state index contributed by atoms with van der Waals surface area (Å²) in [6.45, 7) is 4.74. The Labute approximate surface area is 69.8 Å². The fourth-order valence-electron chi connectivity index (χ4n) is 1.03. The highest BCUT2D eigenvalue weighted by atomic mass is 16.3. The second kappa shape index (κ2) is 6.62. The molecule has 3 N–H and O–H groups in total. The summed E-state index contributed by atoms with van der Waals surface area (Å²) < 4.78 is 0. The Balaban J connectivity index is 3.10. The lowest BCUT2D eigenvalue weighted by atomic mass is 9.99. The first kappa shape index (κ1) is 10.9. The third kappa shape index (κ3) is 6.32. The SMILES string of the molecule is CC(O)C(C)CCCCCN. The first-order valence-corrected chi connectivity index (χ1v) is 4.56. The van der Waals surface area contributed by atoms with Crippen LogP contribution in [0.2, 0.25) is 0 Å². The lowest BCUT2D eigenvalue weighted by Crippen LogP contribution is -2.12. The Hall–Kier alpha value is -0.0800. The first-order valence-electron chi connectivity index (χ1n) is 4.56. The maximum Gasteiger partial charge on any atom is 0.0537 e. The van der Waals surface area contributed by atoms with E-state index < -0.39 is 0 Å². The van der Waals surface area contributed by atoms with Gasteiger partial charge in [0, 0.05) is 0 Å². The molecule has 2 nitrogen and oxygen atoms in total. The van der Waals surface area contributed by atoms with Crippen molar-refractivity contribution in [3.05, 3.63) is 0 Å². The van der Waals surface area contributed by atoms with Gasteiger partial charge in [0.15, 0.2) is 0 Å². The van der Waals surface area contributed by atoms with Crippen molar-refractivity contribution < 1.29 is 5.11 Å². The number of hydrogen-bond acceptors (Lipinski definition) is 2. The third-order valence-corrected chi connectivity index (χ3v) is 2.19. The molecule has 0 radical (unpaired) electrons. The van der Waals surface area contributed by atoms with Crippen LogP contribution in [-0.4, -0.2) is 17.8 Å². The zero-order valence-corrected chi connectivity index (χ0v) is 7.71. The zero-order valence-electron chi connectivity index (χ0n) is 7.71. The largest absolute Gasteiger partial charge is 0.393 e. The van der Waals surface area contributed by atoms with Crippen LogP contribution in [0.1, 0.15) is 39.5 Å². The number of hydrogen-bond donors (Lipinski definition) is 2. The Morgan fingerprint density at radius 2 is 1.82 bits per heavy atom. The molecule has 0 spiro atoms. The monoisotopic (exact) mass is 159 g/mol. The minimum atomic E-state index is -0.159. The molecule has 0 rings (SSSR count). The number of aliphatic hydroxyl groups excluding tert-OH is 1. The Bertz CT molecular complexity index is 83.6. The topological polar surface area (TPSA) is 46.2 Å². The van der Waals surface area contributed by atoms with Crippen LogP contribution in [0, 0.1) is 5.92 Å². The molecule has 0 saturated heterocycles. The van der Waals surface area contributed by atoms with Gasteiger partial charge in [0.05, 0.1) is 6.10 Å². The normalized spacial score (nSPS) is 16.4. The number of unbranched alkanes of at least 4 members (excludes halogenated alkanes) is 2. The molecule has 0 aromatic rings. The molecule has 0 bridgehead atoms. The minimum absolute atomic E-state index is 0.159. The van der Waals surface area contributed by atoms with Crippen molar-refractivity contribution in [1.29, 1.82) is 0 Å². The standard InChI is InChI=1S/C9H21NO/c1-8(9(2)11)6-4-3-5-7-10/h8-9,11H,3-7,10H2,1-2H3. The van der Waals surface area contributed by atoms with Crippen LogP contribution in [0.4, 0.5) is 0 Å². The molecule has 0 aromatic carbocycles. The summed E-state index contributed by atoms with van der Waals surface area (Å²) in [6.07, 6.45) is 4.48. The molecule has 0 saturated carbocycles. The van der Waals surface area contributed by atoms with E-state index in [9.17, 15) is 0 Å². The average molecular weight is 159 g/mol. The molecule has 2 heteroatoms. The van der Waals surface area contributed by atoms with Gasteiger partial charge in [0.25, 0.3) is 0 Å². The van der Waals surface area contributed by atoms with Gasteiger partial charge in [-0.25, -0.2) is 0 Å². The molecule has 2 atom stereocenters. The third-order valence-electron chi connectivity index (χ3n) is 2.19. The molecule has 0 fully saturated rings. The number of aliphatic hydroxyl groups is 1. The Morgan fingerprint density at radius 1 is 1.18 bits per heavy atom. The highest BCUT2D eigenvalue weighted by molar-refractivity contribution is 4.58. The average Bonchev–Trinajstić information content (AvgIpc) is 1.97. The number of nitrogens with two attached hydrogens (primary N) is 1. The minimum Gasteiger partial charge on any atom is -0.393 e. The molecule has 0 aliphatic rings. The quantitative estimate of drug-likeness (QED) is 0.577. The van der Waals surface area contributed by atoms with Crippen molar-refractivity contribution in [3.63, 3.8) is 0 Å².